The lowest BCUT2D eigenvalue weighted by molar-refractivity contribution is 0.783. The lowest BCUT2D eigenvalue weighted by atomic mass is 10.2. The molecule has 0 aromatic heterocycles. The molecule has 1 aromatic carbocycles. The second-order valence-electron chi connectivity index (χ2n) is 5.87. The monoisotopic (exact) mass is 258 g/mol. The highest BCUT2D eigenvalue weighted by Gasteiger charge is 2.25. The average molecular weight is 258 g/mol. The summed E-state index contributed by atoms with van der Waals surface area (Å²) in [4.78, 5) is 0. The van der Waals surface area contributed by atoms with E-state index in [4.69, 9.17) is 0 Å². The van der Waals surface area contributed by atoms with E-state index in [0.29, 0.717) is 5.16 Å². The highest BCUT2D eigenvalue weighted by molar-refractivity contribution is 7.67. The molecule has 0 bridgehead atoms. The van der Waals surface area contributed by atoms with Crippen molar-refractivity contribution >= 4 is 13.2 Å². The fraction of sp³-hybridized carbons (Fsp3) is 0.412. The Hall–Kier alpha value is -0.870. The molecule has 1 aromatic rings. The molecule has 0 aliphatic heterocycles. The Balaban J connectivity index is 2.07. The summed E-state index contributed by atoms with van der Waals surface area (Å²) in [7, 11) is -0.0816. The van der Waals surface area contributed by atoms with Crippen LogP contribution in [-0.4, -0.2) is 11.3 Å². The molecule has 1 atom stereocenters. The highest BCUT2D eigenvalue weighted by atomic mass is 31.1. The quantitative estimate of drug-likeness (QED) is 0.676. The minimum Gasteiger partial charge on any atom is -0.0805 e. The smallest absolute Gasteiger partial charge is 0.0132 e. The molecule has 0 saturated carbocycles. The molecule has 0 fully saturated rings. The van der Waals surface area contributed by atoms with Crippen molar-refractivity contribution in [2.75, 3.05) is 6.16 Å². The third kappa shape index (κ3) is 3.56. The van der Waals surface area contributed by atoms with Gasteiger partial charge < -0.3 is 0 Å². The van der Waals surface area contributed by atoms with Crippen LogP contribution in [0.4, 0.5) is 0 Å². The molecule has 0 N–H and O–H groups in total. The second-order valence-corrected chi connectivity index (χ2v) is 9.03. The van der Waals surface area contributed by atoms with Gasteiger partial charge in [-0.05, 0) is 29.5 Å². The van der Waals surface area contributed by atoms with Gasteiger partial charge in [-0.15, -0.1) is 0 Å². The molecule has 0 spiro atoms. The fourth-order valence-corrected chi connectivity index (χ4v) is 5.14. The van der Waals surface area contributed by atoms with Gasteiger partial charge in [0.2, 0.25) is 0 Å². The van der Waals surface area contributed by atoms with Crippen molar-refractivity contribution in [2.45, 2.75) is 38.8 Å². The zero-order chi connectivity index (χ0) is 13.0. The summed E-state index contributed by atoms with van der Waals surface area (Å²) in [5, 5.41) is 1.94. The van der Waals surface area contributed by atoms with Gasteiger partial charge in [0.25, 0.3) is 0 Å². The van der Waals surface area contributed by atoms with Crippen LogP contribution in [0.1, 0.15) is 33.6 Å². The maximum atomic E-state index is 2.38. The Morgan fingerprint density at radius 3 is 2.39 bits per heavy atom. The summed E-state index contributed by atoms with van der Waals surface area (Å²) in [5.74, 6) is 0. The first-order chi connectivity index (χ1) is 8.57. The lowest BCUT2D eigenvalue weighted by Crippen LogP contribution is -2.21. The molecule has 1 aliphatic carbocycles. The number of hydrogen-bond donors (Lipinski definition) is 0. The summed E-state index contributed by atoms with van der Waals surface area (Å²) < 4.78 is 0. The van der Waals surface area contributed by atoms with Crippen molar-refractivity contribution in [2.24, 2.45) is 0 Å². The maximum absolute atomic E-state index is 2.38. The van der Waals surface area contributed by atoms with Crippen LogP contribution in [0.25, 0.3) is 0 Å². The van der Waals surface area contributed by atoms with Crippen LogP contribution in [0, 0.1) is 0 Å². The summed E-state index contributed by atoms with van der Waals surface area (Å²) in [5.41, 5.74) is 1.60. The van der Waals surface area contributed by atoms with Crippen LogP contribution in [0.3, 0.4) is 0 Å². The molecular weight excluding hydrogens is 235 g/mol. The van der Waals surface area contributed by atoms with Crippen LogP contribution in [-0.2, 0) is 0 Å². The summed E-state index contributed by atoms with van der Waals surface area (Å²) >= 11 is 0. The van der Waals surface area contributed by atoms with Gasteiger partial charge in [-0.1, -0.05) is 82.8 Å². The van der Waals surface area contributed by atoms with E-state index in [1.165, 1.54) is 19.0 Å². The Morgan fingerprint density at radius 2 is 1.83 bits per heavy atom. The highest BCUT2D eigenvalue weighted by Crippen LogP contribution is 2.49. The van der Waals surface area contributed by atoms with E-state index in [0.717, 1.165) is 0 Å². The molecule has 0 heterocycles. The second kappa shape index (κ2) is 5.85. The summed E-state index contributed by atoms with van der Waals surface area (Å²) in [6, 6.07) is 11.1. The summed E-state index contributed by atoms with van der Waals surface area (Å²) in [6.07, 6.45) is 10.5. The SMILES string of the molecule is CC(C)(C)P(CCC1=CC=CC1)c1ccccc1. The standard InChI is InChI=1S/C17H23P/c1-17(2,3)18(16-11-5-4-6-12-16)14-13-15-9-7-8-10-15/h4-9,11-12H,10,13-14H2,1-3H3. The van der Waals surface area contributed by atoms with Crippen molar-refractivity contribution in [3.63, 3.8) is 0 Å². The molecule has 96 valence electrons. The fourth-order valence-electron chi connectivity index (χ4n) is 2.39. The minimum atomic E-state index is -0.0816. The van der Waals surface area contributed by atoms with E-state index >= 15 is 0 Å². The van der Waals surface area contributed by atoms with E-state index in [1.54, 1.807) is 10.9 Å². The number of rotatable bonds is 4. The molecular formula is C17H23P. The zero-order valence-corrected chi connectivity index (χ0v) is 12.6. The topological polar surface area (TPSA) is 0 Å². The van der Waals surface area contributed by atoms with Gasteiger partial charge in [-0.25, -0.2) is 0 Å². The van der Waals surface area contributed by atoms with E-state index < -0.39 is 0 Å². The first-order valence-corrected chi connectivity index (χ1v) is 8.27. The Bertz CT molecular complexity index is 434. The molecule has 2 rings (SSSR count). The van der Waals surface area contributed by atoms with Crippen molar-refractivity contribution in [1.29, 1.82) is 0 Å². The Labute approximate surface area is 113 Å². The van der Waals surface area contributed by atoms with Crippen LogP contribution >= 0.6 is 7.92 Å². The van der Waals surface area contributed by atoms with E-state index in [9.17, 15) is 0 Å². The van der Waals surface area contributed by atoms with Gasteiger partial charge in [0, 0.05) is 0 Å². The van der Waals surface area contributed by atoms with Gasteiger partial charge in [0.1, 0.15) is 0 Å². The van der Waals surface area contributed by atoms with Crippen molar-refractivity contribution in [3.05, 3.63) is 54.1 Å². The third-order valence-corrected chi connectivity index (χ3v) is 6.59. The van der Waals surface area contributed by atoms with E-state index in [2.05, 4.69) is 69.3 Å². The molecule has 1 heteroatoms. The first-order valence-electron chi connectivity index (χ1n) is 6.74. The molecule has 1 aliphatic rings. The van der Waals surface area contributed by atoms with Gasteiger partial charge in [0.15, 0.2) is 0 Å². The summed E-state index contributed by atoms with van der Waals surface area (Å²) in [6.45, 7) is 7.15. The van der Waals surface area contributed by atoms with Crippen molar-refractivity contribution in [1.82, 2.24) is 0 Å². The van der Waals surface area contributed by atoms with Crippen molar-refractivity contribution < 1.29 is 0 Å². The molecule has 0 saturated heterocycles. The number of allylic oxidation sites excluding steroid dienone is 4. The molecule has 1 unspecified atom stereocenters. The number of benzene rings is 1. The molecule has 0 radical (unpaired) electrons. The van der Waals surface area contributed by atoms with Crippen molar-refractivity contribution in [3.8, 4) is 0 Å². The van der Waals surface area contributed by atoms with E-state index in [1.807, 2.05) is 0 Å². The normalized spacial score (nSPS) is 16.7. The van der Waals surface area contributed by atoms with Gasteiger partial charge in [0.05, 0.1) is 0 Å². The van der Waals surface area contributed by atoms with Crippen LogP contribution < -0.4 is 5.30 Å². The largest absolute Gasteiger partial charge is 0.0805 e. The predicted octanol–water partition coefficient (Wildman–Crippen LogP) is 4.87. The molecule has 18 heavy (non-hydrogen) atoms. The average Bonchev–Trinajstić information content (AvgIpc) is 2.82. The maximum Gasteiger partial charge on any atom is -0.0132 e. The predicted molar refractivity (Wildman–Crippen MR) is 84.1 cm³/mol. The van der Waals surface area contributed by atoms with Gasteiger partial charge >= 0.3 is 0 Å². The lowest BCUT2D eigenvalue weighted by Gasteiger charge is -2.32. The van der Waals surface area contributed by atoms with Crippen LogP contribution in [0.5, 0.6) is 0 Å². The van der Waals surface area contributed by atoms with Gasteiger partial charge in [-0.3, -0.25) is 0 Å². The Kier molecular flexibility index (Phi) is 4.40. The molecule has 0 amide bonds. The Morgan fingerprint density at radius 1 is 1.11 bits per heavy atom. The van der Waals surface area contributed by atoms with Gasteiger partial charge in [-0.2, -0.15) is 0 Å². The number of hydrogen-bond acceptors (Lipinski definition) is 0. The zero-order valence-electron chi connectivity index (χ0n) is 11.7. The third-order valence-electron chi connectivity index (χ3n) is 3.38. The van der Waals surface area contributed by atoms with Crippen LogP contribution in [0.2, 0.25) is 0 Å². The first kappa shape index (κ1) is 13.6. The van der Waals surface area contributed by atoms with E-state index in [-0.39, 0.29) is 7.92 Å². The van der Waals surface area contributed by atoms with Crippen LogP contribution in [0.15, 0.2) is 54.1 Å². The minimum absolute atomic E-state index is 0.0816. The molecule has 0 nitrogen and oxygen atoms in total.